The van der Waals surface area contributed by atoms with Gasteiger partial charge in [0.05, 0.1) is 11.3 Å². The normalized spacial score (nSPS) is 9.28. The molecule has 0 saturated heterocycles. The van der Waals surface area contributed by atoms with Crippen molar-refractivity contribution in [3.8, 4) is 12.1 Å². The molecule has 0 unspecified atom stereocenters. The molecule has 0 fully saturated rings. The van der Waals surface area contributed by atoms with E-state index < -0.39 is 0 Å². The van der Waals surface area contributed by atoms with Crippen LogP contribution < -0.4 is 5.32 Å². The van der Waals surface area contributed by atoms with E-state index in [4.69, 9.17) is 10.5 Å². The van der Waals surface area contributed by atoms with E-state index in [-0.39, 0.29) is 0 Å². The molecule has 0 aliphatic heterocycles. The number of nitrogens with one attached hydrogen (secondary N) is 1. The maximum atomic E-state index is 8.98. The summed E-state index contributed by atoms with van der Waals surface area (Å²) >= 11 is 0. The second kappa shape index (κ2) is 4.94. The number of anilines is 2. The van der Waals surface area contributed by atoms with Crippen LogP contribution in [-0.4, -0.2) is 9.97 Å². The quantitative estimate of drug-likeness (QED) is 0.862. The molecule has 0 aliphatic carbocycles. The van der Waals surface area contributed by atoms with Gasteiger partial charge < -0.3 is 5.32 Å². The Labute approximate surface area is 104 Å². The third kappa shape index (κ3) is 2.42. The Bertz CT molecular complexity index is 664. The first-order valence-corrected chi connectivity index (χ1v) is 5.25. The molecule has 5 nitrogen and oxygen atoms in total. The smallest absolute Gasteiger partial charge is 0.146 e. The highest BCUT2D eigenvalue weighted by atomic mass is 15.0. The van der Waals surface area contributed by atoms with Gasteiger partial charge in [-0.2, -0.15) is 10.5 Å². The van der Waals surface area contributed by atoms with Crippen LogP contribution in [0.4, 0.5) is 11.5 Å². The Morgan fingerprint density at radius 1 is 1.11 bits per heavy atom. The lowest BCUT2D eigenvalue weighted by Gasteiger charge is -2.07. The van der Waals surface area contributed by atoms with E-state index >= 15 is 0 Å². The number of nitriles is 2. The Kier molecular flexibility index (Phi) is 3.17. The summed E-state index contributed by atoms with van der Waals surface area (Å²) in [5.41, 5.74) is 1.47. The zero-order valence-electron chi connectivity index (χ0n) is 9.68. The van der Waals surface area contributed by atoms with Gasteiger partial charge in [0, 0.05) is 6.07 Å². The van der Waals surface area contributed by atoms with Crippen molar-refractivity contribution in [3.63, 3.8) is 0 Å². The number of aryl methyl sites for hydroxylation is 1. The van der Waals surface area contributed by atoms with Crippen molar-refractivity contribution in [2.75, 3.05) is 5.32 Å². The largest absolute Gasteiger partial charge is 0.339 e. The molecule has 5 heteroatoms. The summed E-state index contributed by atoms with van der Waals surface area (Å²) in [6, 6.07) is 12.7. The number of hydrogen-bond acceptors (Lipinski definition) is 5. The molecule has 1 aromatic carbocycles. The highest BCUT2D eigenvalue weighted by molar-refractivity contribution is 5.64. The Morgan fingerprint density at radius 3 is 2.61 bits per heavy atom. The average Bonchev–Trinajstić information content (AvgIpc) is 2.38. The van der Waals surface area contributed by atoms with Crippen LogP contribution in [0.2, 0.25) is 0 Å². The summed E-state index contributed by atoms with van der Waals surface area (Å²) in [7, 11) is 0. The molecule has 2 aromatic rings. The van der Waals surface area contributed by atoms with E-state index in [0.29, 0.717) is 28.6 Å². The third-order valence-corrected chi connectivity index (χ3v) is 2.26. The highest BCUT2D eigenvalue weighted by Crippen LogP contribution is 2.19. The third-order valence-electron chi connectivity index (χ3n) is 2.26. The Balaban J connectivity index is 2.38. The summed E-state index contributed by atoms with van der Waals surface area (Å²) in [4.78, 5) is 8.13. The van der Waals surface area contributed by atoms with Gasteiger partial charge in [0.2, 0.25) is 0 Å². The van der Waals surface area contributed by atoms with Gasteiger partial charge in [-0.15, -0.1) is 0 Å². The van der Waals surface area contributed by atoms with Gasteiger partial charge in [0.15, 0.2) is 0 Å². The summed E-state index contributed by atoms with van der Waals surface area (Å²) in [6.07, 6.45) is 0. The predicted octanol–water partition coefficient (Wildman–Crippen LogP) is 2.27. The van der Waals surface area contributed by atoms with E-state index in [1.54, 1.807) is 31.2 Å². The molecule has 86 valence electrons. The predicted molar refractivity (Wildman–Crippen MR) is 65.9 cm³/mol. The lowest BCUT2D eigenvalue weighted by atomic mass is 10.2. The van der Waals surface area contributed by atoms with Crippen LogP contribution in [0, 0.1) is 29.6 Å². The number of rotatable bonds is 2. The first kappa shape index (κ1) is 11.6. The topological polar surface area (TPSA) is 85.4 Å². The molecule has 0 aliphatic rings. The molecule has 0 spiro atoms. The molecule has 1 aromatic heterocycles. The highest BCUT2D eigenvalue weighted by Gasteiger charge is 2.04. The minimum atomic E-state index is 0.291. The van der Waals surface area contributed by atoms with E-state index in [9.17, 15) is 0 Å². The fraction of sp³-hybridized carbons (Fsp3) is 0.0769. The van der Waals surface area contributed by atoms with Gasteiger partial charge in [-0.05, 0) is 19.1 Å². The Hall–Kier alpha value is -2.92. The molecule has 1 heterocycles. The van der Waals surface area contributed by atoms with Gasteiger partial charge in [0.1, 0.15) is 29.5 Å². The zero-order chi connectivity index (χ0) is 13.0. The van der Waals surface area contributed by atoms with Crippen LogP contribution in [0.1, 0.15) is 17.1 Å². The fourth-order valence-electron chi connectivity index (χ4n) is 1.52. The average molecular weight is 235 g/mol. The van der Waals surface area contributed by atoms with Crippen molar-refractivity contribution in [1.82, 2.24) is 9.97 Å². The minimum Gasteiger partial charge on any atom is -0.339 e. The van der Waals surface area contributed by atoms with Crippen LogP contribution in [0.5, 0.6) is 0 Å². The first-order valence-electron chi connectivity index (χ1n) is 5.25. The molecule has 0 amide bonds. The lowest BCUT2D eigenvalue weighted by molar-refractivity contribution is 1.04. The van der Waals surface area contributed by atoms with Crippen molar-refractivity contribution in [2.24, 2.45) is 0 Å². The van der Waals surface area contributed by atoms with Crippen molar-refractivity contribution < 1.29 is 0 Å². The number of aromatic nitrogens is 2. The maximum Gasteiger partial charge on any atom is 0.146 e. The van der Waals surface area contributed by atoms with E-state index in [1.807, 2.05) is 12.1 Å². The molecule has 0 saturated carbocycles. The summed E-state index contributed by atoms with van der Waals surface area (Å²) in [6.45, 7) is 1.71. The van der Waals surface area contributed by atoms with E-state index in [2.05, 4.69) is 21.4 Å². The van der Waals surface area contributed by atoms with Crippen LogP contribution in [0.3, 0.4) is 0 Å². The standard InChI is InChI=1S/C13H9N5/c1-9-16-11(8-15)6-13(17-9)18-12-5-3-2-4-10(12)7-14/h2-6H,1H3,(H,16,17,18). The Morgan fingerprint density at radius 2 is 1.89 bits per heavy atom. The second-order valence-corrected chi connectivity index (χ2v) is 3.58. The van der Waals surface area contributed by atoms with Crippen molar-refractivity contribution in [2.45, 2.75) is 6.92 Å². The van der Waals surface area contributed by atoms with Crippen molar-refractivity contribution in [3.05, 3.63) is 47.4 Å². The minimum absolute atomic E-state index is 0.291. The molecule has 2 rings (SSSR count). The second-order valence-electron chi connectivity index (χ2n) is 3.58. The van der Waals surface area contributed by atoms with Gasteiger partial charge in [-0.1, -0.05) is 12.1 Å². The van der Waals surface area contributed by atoms with Crippen LogP contribution in [0.15, 0.2) is 30.3 Å². The van der Waals surface area contributed by atoms with Crippen LogP contribution in [-0.2, 0) is 0 Å². The lowest BCUT2D eigenvalue weighted by Crippen LogP contribution is -2.00. The number of para-hydroxylation sites is 1. The maximum absolute atomic E-state index is 8.98. The molecular weight excluding hydrogens is 226 g/mol. The SMILES string of the molecule is Cc1nc(C#N)cc(Nc2ccccc2C#N)n1. The monoisotopic (exact) mass is 235 g/mol. The van der Waals surface area contributed by atoms with Crippen molar-refractivity contribution >= 4 is 11.5 Å². The number of hydrogen-bond donors (Lipinski definition) is 1. The van der Waals surface area contributed by atoms with Crippen LogP contribution >= 0.6 is 0 Å². The first-order chi connectivity index (χ1) is 8.72. The molecule has 1 N–H and O–H groups in total. The molecule has 0 atom stereocenters. The summed E-state index contributed by atoms with van der Waals surface area (Å²) in [5.74, 6) is 1.01. The van der Waals surface area contributed by atoms with E-state index in [1.165, 1.54) is 0 Å². The number of benzene rings is 1. The van der Waals surface area contributed by atoms with Crippen molar-refractivity contribution in [1.29, 1.82) is 10.5 Å². The fourth-order valence-corrected chi connectivity index (χ4v) is 1.52. The van der Waals surface area contributed by atoms with Crippen LogP contribution in [0.25, 0.3) is 0 Å². The van der Waals surface area contributed by atoms with Gasteiger partial charge in [0.25, 0.3) is 0 Å². The summed E-state index contributed by atoms with van der Waals surface area (Å²) < 4.78 is 0. The van der Waals surface area contributed by atoms with Gasteiger partial charge in [-0.3, -0.25) is 0 Å². The number of nitrogens with zero attached hydrogens (tertiary/aromatic N) is 4. The van der Waals surface area contributed by atoms with Gasteiger partial charge in [-0.25, -0.2) is 9.97 Å². The zero-order valence-corrected chi connectivity index (χ0v) is 9.68. The summed E-state index contributed by atoms with van der Waals surface area (Å²) in [5, 5.41) is 20.8. The van der Waals surface area contributed by atoms with Gasteiger partial charge >= 0.3 is 0 Å². The molecular formula is C13H9N5. The van der Waals surface area contributed by atoms with E-state index in [0.717, 1.165) is 0 Å². The molecule has 0 radical (unpaired) electrons. The molecule has 0 bridgehead atoms. The molecule has 18 heavy (non-hydrogen) atoms.